The Balaban J connectivity index is 1.46. The number of nitrogens with zero attached hydrogens (tertiary/aromatic N) is 2. The van der Waals surface area contributed by atoms with Gasteiger partial charge in [-0.3, -0.25) is 4.79 Å². The van der Waals surface area contributed by atoms with Gasteiger partial charge in [-0.05, 0) is 37.8 Å². The van der Waals surface area contributed by atoms with Crippen LogP contribution in [0.4, 0.5) is 5.82 Å². The number of anilines is 1. The average Bonchev–Trinajstić information content (AvgIpc) is 3.14. The number of aromatic nitrogens is 2. The molecule has 3 heterocycles. The smallest absolute Gasteiger partial charge is 0.253 e. The first-order chi connectivity index (χ1) is 12.2. The largest absolute Gasteiger partial charge is 0.376 e. The van der Waals surface area contributed by atoms with Crippen molar-refractivity contribution in [3.05, 3.63) is 40.0 Å². The Labute approximate surface area is 152 Å². The van der Waals surface area contributed by atoms with Crippen LogP contribution in [0.25, 0.3) is 0 Å². The molecule has 2 N–H and O–H groups in total. The minimum Gasteiger partial charge on any atom is -0.376 e. The second-order valence-corrected chi connectivity index (χ2v) is 7.01. The van der Waals surface area contributed by atoms with E-state index in [0.717, 1.165) is 48.9 Å². The van der Waals surface area contributed by atoms with Crippen LogP contribution in [-0.4, -0.2) is 35.1 Å². The van der Waals surface area contributed by atoms with Gasteiger partial charge >= 0.3 is 0 Å². The third-order valence-corrected chi connectivity index (χ3v) is 5.07. The number of ether oxygens (including phenoxy) is 1. The minimum absolute atomic E-state index is 0.136. The number of pyridine rings is 1. The van der Waals surface area contributed by atoms with Gasteiger partial charge in [-0.25, -0.2) is 9.97 Å². The number of hydrogen-bond acceptors (Lipinski definition) is 6. The Morgan fingerprint density at radius 3 is 3.00 bits per heavy atom. The molecule has 0 aromatic carbocycles. The fraction of sp³-hybridized carbons (Fsp3) is 0.500. The number of hydrogen-bond donors (Lipinski definition) is 2. The molecule has 1 aliphatic rings. The number of carbonyl (C=O) groups is 1. The van der Waals surface area contributed by atoms with E-state index in [1.54, 1.807) is 23.6 Å². The summed E-state index contributed by atoms with van der Waals surface area (Å²) in [5.41, 5.74) is 1.61. The third kappa shape index (κ3) is 5.24. The number of amides is 1. The fourth-order valence-corrected chi connectivity index (χ4v) is 3.49. The summed E-state index contributed by atoms with van der Waals surface area (Å²) in [6, 6.07) is 3.61. The summed E-state index contributed by atoms with van der Waals surface area (Å²) < 4.78 is 5.69. The monoisotopic (exact) mass is 360 g/mol. The molecule has 0 spiro atoms. The van der Waals surface area contributed by atoms with E-state index < -0.39 is 0 Å². The molecule has 3 rings (SSSR count). The van der Waals surface area contributed by atoms with Crippen LogP contribution in [0, 0.1) is 0 Å². The van der Waals surface area contributed by atoms with Gasteiger partial charge in [0.1, 0.15) is 10.8 Å². The summed E-state index contributed by atoms with van der Waals surface area (Å²) in [6.45, 7) is 4.11. The van der Waals surface area contributed by atoms with Crippen molar-refractivity contribution in [2.45, 2.75) is 45.3 Å². The lowest BCUT2D eigenvalue weighted by atomic mass is 10.1. The van der Waals surface area contributed by atoms with E-state index in [2.05, 4.69) is 27.5 Å². The second kappa shape index (κ2) is 8.92. The van der Waals surface area contributed by atoms with Crippen molar-refractivity contribution in [2.24, 2.45) is 0 Å². The first kappa shape index (κ1) is 17.8. The number of rotatable bonds is 7. The Bertz CT molecular complexity index is 681. The highest BCUT2D eigenvalue weighted by Crippen LogP contribution is 2.14. The van der Waals surface area contributed by atoms with Crippen LogP contribution in [0.3, 0.4) is 0 Å². The highest BCUT2D eigenvalue weighted by molar-refractivity contribution is 7.09. The molecule has 0 radical (unpaired) electrons. The maximum Gasteiger partial charge on any atom is 0.253 e. The third-order valence-electron chi connectivity index (χ3n) is 4.17. The molecule has 25 heavy (non-hydrogen) atoms. The molecule has 6 nitrogen and oxygen atoms in total. The molecular formula is C18H24N4O2S. The highest BCUT2D eigenvalue weighted by Gasteiger charge is 2.13. The topological polar surface area (TPSA) is 76.1 Å². The van der Waals surface area contributed by atoms with Crippen molar-refractivity contribution in [2.75, 3.05) is 18.5 Å². The standard InChI is InChI=1S/C18H24N4O2S/c1-2-14-12-25-17(22-14)11-21-18(23)13-6-7-16(19-9-13)20-10-15-5-3-4-8-24-15/h6-7,9,12,15H,2-5,8,10-11H2,1H3,(H,19,20)(H,21,23). The van der Waals surface area contributed by atoms with Gasteiger partial charge in [0.15, 0.2) is 0 Å². The summed E-state index contributed by atoms with van der Waals surface area (Å²) >= 11 is 1.57. The van der Waals surface area contributed by atoms with Gasteiger partial charge in [-0.15, -0.1) is 11.3 Å². The lowest BCUT2D eigenvalue weighted by molar-refractivity contribution is 0.0247. The van der Waals surface area contributed by atoms with E-state index in [-0.39, 0.29) is 12.0 Å². The fourth-order valence-electron chi connectivity index (χ4n) is 2.67. The normalized spacial score (nSPS) is 17.2. The molecule has 1 atom stereocenters. The van der Waals surface area contributed by atoms with E-state index >= 15 is 0 Å². The summed E-state index contributed by atoms with van der Waals surface area (Å²) in [6.07, 6.45) is 6.22. The molecule has 0 bridgehead atoms. The first-order valence-corrected chi connectivity index (χ1v) is 9.65. The van der Waals surface area contributed by atoms with E-state index in [1.165, 1.54) is 6.42 Å². The van der Waals surface area contributed by atoms with Crippen LogP contribution < -0.4 is 10.6 Å². The molecule has 1 aliphatic heterocycles. The zero-order valence-electron chi connectivity index (χ0n) is 14.5. The first-order valence-electron chi connectivity index (χ1n) is 8.77. The molecule has 134 valence electrons. The Hall–Kier alpha value is -1.99. The molecule has 0 aliphatic carbocycles. The van der Waals surface area contributed by atoms with Crippen LogP contribution in [0.5, 0.6) is 0 Å². The number of aryl methyl sites for hydroxylation is 1. The lowest BCUT2D eigenvalue weighted by Crippen LogP contribution is -2.27. The average molecular weight is 360 g/mol. The van der Waals surface area contributed by atoms with Gasteiger partial charge < -0.3 is 15.4 Å². The molecule has 1 unspecified atom stereocenters. The van der Waals surface area contributed by atoms with Crippen molar-refractivity contribution in [3.63, 3.8) is 0 Å². The van der Waals surface area contributed by atoms with Crippen molar-refractivity contribution in [1.82, 2.24) is 15.3 Å². The molecule has 1 fully saturated rings. The van der Waals surface area contributed by atoms with Crippen LogP contribution in [0.1, 0.15) is 47.2 Å². The van der Waals surface area contributed by atoms with Crippen LogP contribution in [0.15, 0.2) is 23.7 Å². The quantitative estimate of drug-likeness (QED) is 0.794. The molecule has 7 heteroatoms. The van der Waals surface area contributed by atoms with E-state index in [0.29, 0.717) is 12.1 Å². The molecular weight excluding hydrogens is 336 g/mol. The van der Waals surface area contributed by atoms with Gasteiger partial charge in [0.25, 0.3) is 5.91 Å². The van der Waals surface area contributed by atoms with Gasteiger partial charge in [0.05, 0.1) is 23.9 Å². The van der Waals surface area contributed by atoms with E-state index in [1.807, 2.05) is 11.4 Å². The number of carbonyl (C=O) groups excluding carboxylic acids is 1. The SMILES string of the molecule is CCc1csc(CNC(=O)c2ccc(NCC3CCCCO3)nc2)n1. The maximum absolute atomic E-state index is 12.2. The van der Waals surface area contributed by atoms with Crippen molar-refractivity contribution >= 4 is 23.1 Å². The summed E-state index contributed by atoms with van der Waals surface area (Å²) in [4.78, 5) is 21.0. The van der Waals surface area contributed by atoms with Gasteiger partial charge in [0.2, 0.25) is 0 Å². The number of thiazole rings is 1. The van der Waals surface area contributed by atoms with Crippen molar-refractivity contribution in [3.8, 4) is 0 Å². The van der Waals surface area contributed by atoms with Crippen molar-refractivity contribution in [1.29, 1.82) is 0 Å². The van der Waals surface area contributed by atoms with E-state index in [4.69, 9.17) is 4.74 Å². The second-order valence-electron chi connectivity index (χ2n) is 6.07. The summed E-state index contributed by atoms with van der Waals surface area (Å²) in [7, 11) is 0. The zero-order valence-corrected chi connectivity index (χ0v) is 15.3. The van der Waals surface area contributed by atoms with Gasteiger partial charge in [-0.1, -0.05) is 6.92 Å². The molecule has 1 saturated heterocycles. The Morgan fingerprint density at radius 1 is 1.40 bits per heavy atom. The molecule has 0 saturated carbocycles. The predicted molar refractivity (Wildman–Crippen MR) is 99.0 cm³/mol. The van der Waals surface area contributed by atoms with Crippen molar-refractivity contribution < 1.29 is 9.53 Å². The van der Waals surface area contributed by atoms with E-state index in [9.17, 15) is 4.79 Å². The number of nitrogens with one attached hydrogen (secondary N) is 2. The molecule has 2 aromatic heterocycles. The summed E-state index contributed by atoms with van der Waals surface area (Å²) in [5, 5.41) is 9.10. The van der Waals surface area contributed by atoms with Crippen LogP contribution in [-0.2, 0) is 17.7 Å². The molecule has 2 aromatic rings. The van der Waals surface area contributed by atoms with Crippen LogP contribution in [0.2, 0.25) is 0 Å². The predicted octanol–water partition coefficient (Wildman–Crippen LogP) is 3.01. The Morgan fingerprint density at radius 2 is 2.32 bits per heavy atom. The van der Waals surface area contributed by atoms with Gasteiger partial charge in [-0.2, -0.15) is 0 Å². The van der Waals surface area contributed by atoms with Crippen LogP contribution >= 0.6 is 11.3 Å². The highest BCUT2D eigenvalue weighted by atomic mass is 32.1. The van der Waals surface area contributed by atoms with Gasteiger partial charge in [0, 0.05) is 24.7 Å². The zero-order chi connectivity index (χ0) is 17.5. The maximum atomic E-state index is 12.2. The summed E-state index contributed by atoms with van der Waals surface area (Å²) in [5.74, 6) is 0.626. The lowest BCUT2D eigenvalue weighted by Gasteiger charge is -2.22. The minimum atomic E-state index is -0.136. The molecule has 1 amide bonds. The Kier molecular flexibility index (Phi) is 6.36.